The van der Waals surface area contributed by atoms with Crippen LogP contribution in [-0.2, 0) is 12.1 Å². The summed E-state index contributed by atoms with van der Waals surface area (Å²) in [6.45, 7) is 4.15. The summed E-state index contributed by atoms with van der Waals surface area (Å²) in [6, 6.07) is 4.99. The summed E-state index contributed by atoms with van der Waals surface area (Å²) in [5.41, 5.74) is 0.955. The second-order valence-corrected chi connectivity index (χ2v) is 5.81. The van der Waals surface area contributed by atoms with Gasteiger partial charge >= 0.3 is 6.09 Å². The third-order valence-electron chi connectivity index (χ3n) is 3.80. The molecule has 0 radical (unpaired) electrons. The highest BCUT2D eigenvalue weighted by Gasteiger charge is 2.37. The molecular formula is C15H16ClFN4O3. The standard InChI is InChI=1S/C15H15FN4O3.ClH/c1-15(2)11-10(7-17-15)12(20(19-11)14(22)23)18-13(21)8-3-5-9(16)6-4-8;/h3-6,17H,7H2,1-2H3,(H,18,21)(H,22,23);1H. The Hall–Kier alpha value is -2.45. The summed E-state index contributed by atoms with van der Waals surface area (Å²) in [4.78, 5) is 23.7. The van der Waals surface area contributed by atoms with Crippen molar-refractivity contribution in [1.82, 2.24) is 15.1 Å². The smallest absolute Gasteiger partial charge is 0.434 e. The number of carbonyl (C=O) groups is 2. The zero-order valence-corrected chi connectivity index (χ0v) is 13.8. The fourth-order valence-electron chi connectivity index (χ4n) is 2.56. The van der Waals surface area contributed by atoms with Crippen LogP contribution in [0.2, 0.25) is 0 Å². The maximum atomic E-state index is 12.9. The minimum Gasteiger partial charge on any atom is -0.463 e. The molecule has 0 spiro atoms. The number of hydrogen-bond donors (Lipinski definition) is 3. The van der Waals surface area contributed by atoms with E-state index in [-0.39, 0.29) is 23.8 Å². The molecule has 0 saturated heterocycles. The Morgan fingerprint density at radius 2 is 1.96 bits per heavy atom. The molecule has 9 heteroatoms. The molecule has 0 saturated carbocycles. The normalized spacial score (nSPS) is 14.6. The number of nitrogens with one attached hydrogen (secondary N) is 2. The van der Waals surface area contributed by atoms with Crippen LogP contribution >= 0.6 is 12.4 Å². The van der Waals surface area contributed by atoms with Gasteiger partial charge in [0.25, 0.3) is 5.91 Å². The minimum absolute atomic E-state index is 0. The molecule has 1 amide bonds. The molecule has 0 fully saturated rings. The number of hydrogen-bond acceptors (Lipinski definition) is 4. The van der Waals surface area contributed by atoms with Crippen LogP contribution in [0.4, 0.5) is 15.0 Å². The van der Waals surface area contributed by atoms with Gasteiger partial charge in [-0.25, -0.2) is 9.18 Å². The molecule has 7 nitrogen and oxygen atoms in total. The summed E-state index contributed by atoms with van der Waals surface area (Å²) in [5, 5.41) is 19.1. The van der Waals surface area contributed by atoms with Crippen molar-refractivity contribution < 1.29 is 19.1 Å². The zero-order chi connectivity index (χ0) is 16.8. The Balaban J connectivity index is 0.00000208. The van der Waals surface area contributed by atoms with Crippen molar-refractivity contribution in [3.63, 3.8) is 0 Å². The Bertz CT molecular complexity index is 802. The van der Waals surface area contributed by atoms with Crippen LogP contribution in [0.25, 0.3) is 0 Å². The SMILES string of the molecule is CC1(C)NCc2c1nn(C(=O)O)c2NC(=O)c1ccc(F)cc1.Cl. The van der Waals surface area contributed by atoms with Crippen molar-refractivity contribution in [3.05, 3.63) is 46.9 Å². The maximum absolute atomic E-state index is 12.9. The molecule has 0 aliphatic carbocycles. The highest BCUT2D eigenvalue weighted by Crippen LogP contribution is 2.34. The predicted molar refractivity (Wildman–Crippen MR) is 87.1 cm³/mol. The molecule has 3 N–H and O–H groups in total. The fraction of sp³-hybridized carbons (Fsp3) is 0.267. The molecule has 2 aromatic rings. The Kier molecular flexibility index (Phi) is 4.63. The second-order valence-electron chi connectivity index (χ2n) is 5.81. The minimum atomic E-state index is -1.29. The van der Waals surface area contributed by atoms with E-state index in [1.54, 1.807) is 0 Å². The number of benzene rings is 1. The highest BCUT2D eigenvalue weighted by molar-refractivity contribution is 6.05. The first kappa shape index (κ1) is 17.9. The van der Waals surface area contributed by atoms with E-state index in [9.17, 15) is 19.1 Å². The third-order valence-corrected chi connectivity index (χ3v) is 3.80. The number of fused-ring (bicyclic) bond motifs is 1. The van der Waals surface area contributed by atoms with E-state index in [0.29, 0.717) is 17.8 Å². The topological polar surface area (TPSA) is 96.2 Å². The number of nitrogens with zero attached hydrogens (tertiary/aromatic N) is 2. The third kappa shape index (κ3) is 2.98. The van der Waals surface area contributed by atoms with Crippen molar-refractivity contribution in [1.29, 1.82) is 0 Å². The molecule has 1 aliphatic heterocycles. The van der Waals surface area contributed by atoms with Crippen molar-refractivity contribution >= 4 is 30.2 Å². The van der Waals surface area contributed by atoms with Gasteiger partial charge in [-0.1, -0.05) is 0 Å². The maximum Gasteiger partial charge on any atom is 0.434 e. The molecule has 0 atom stereocenters. The first-order valence-electron chi connectivity index (χ1n) is 6.97. The van der Waals surface area contributed by atoms with E-state index in [4.69, 9.17) is 0 Å². The van der Waals surface area contributed by atoms with E-state index in [0.717, 1.165) is 4.68 Å². The molecular weight excluding hydrogens is 339 g/mol. The summed E-state index contributed by atoms with van der Waals surface area (Å²) in [5.74, 6) is -0.872. The Labute approximate surface area is 143 Å². The van der Waals surface area contributed by atoms with Gasteiger partial charge < -0.3 is 15.7 Å². The van der Waals surface area contributed by atoms with Crippen molar-refractivity contribution in [3.8, 4) is 0 Å². The molecule has 1 aromatic heterocycles. The van der Waals surface area contributed by atoms with E-state index < -0.39 is 23.4 Å². The van der Waals surface area contributed by atoms with Gasteiger partial charge in [0.1, 0.15) is 11.6 Å². The van der Waals surface area contributed by atoms with Gasteiger partial charge in [0.2, 0.25) is 0 Å². The average Bonchev–Trinajstić information content (AvgIpc) is 2.98. The van der Waals surface area contributed by atoms with Crippen molar-refractivity contribution in [2.75, 3.05) is 5.32 Å². The van der Waals surface area contributed by atoms with Crippen LogP contribution in [0.1, 0.15) is 35.5 Å². The van der Waals surface area contributed by atoms with Crippen molar-refractivity contribution in [2.45, 2.75) is 25.9 Å². The lowest BCUT2D eigenvalue weighted by Gasteiger charge is -2.16. The summed E-state index contributed by atoms with van der Waals surface area (Å²) in [6.07, 6.45) is -1.29. The fourth-order valence-corrected chi connectivity index (χ4v) is 2.56. The Morgan fingerprint density at radius 1 is 1.33 bits per heavy atom. The number of rotatable bonds is 2. The summed E-state index contributed by atoms with van der Waals surface area (Å²) in [7, 11) is 0. The van der Waals surface area contributed by atoms with Gasteiger partial charge in [0.05, 0.1) is 11.2 Å². The quantitative estimate of drug-likeness (QED) is 0.770. The largest absolute Gasteiger partial charge is 0.463 e. The lowest BCUT2D eigenvalue weighted by Crippen LogP contribution is -2.31. The van der Waals surface area contributed by atoms with Gasteiger partial charge in [-0.05, 0) is 38.1 Å². The number of anilines is 1. The zero-order valence-electron chi connectivity index (χ0n) is 13.0. The summed E-state index contributed by atoms with van der Waals surface area (Å²) < 4.78 is 13.7. The van der Waals surface area contributed by atoms with E-state index >= 15 is 0 Å². The van der Waals surface area contributed by atoms with Gasteiger partial charge in [-0.15, -0.1) is 17.1 Å². The molecule has 0 bridgehead atoms. The lowest BCUT2D eigenvalue weighted by molar-refractivity contribution is 0.102. The van der Waals surface area contributed by atoms with Gasteiger partial charge in [-0.3, -0.25) is 4.79 Å². The van der Waals surface area contributed by atoms with Crippen LogP contribution in [-0.4, -0.2) is 26.9 Å². The number of amides is 1. The van der Waals surface area contributed by atoms with Crippen LogP contribution in [0.5, 0.6) is 0 Å². The molecule has 24 heavy (non-hydrogen) atoms. The number of halogens is 2. The number of carboxylic acid groups (broad SMARTS) is 1. The molecule has 0 unspecified atom stereocenters. The second kappa shape index (κ2) is 6.21. The van der Waals surface area contributed by atoms with Crippen LogP contribution in [0.3, 0.4) is 0 Å². The molecule has 3 rings (SSSR count). The lowest BCUT2D eigenvalue weighted by atomic mass is 10.0. The van der Waals surface area contributed by atoms with Gasteiger partial charge in [0.15, 0.2) is 0 Å². The highest BCUT2D eigenvalue weighted by atomic mass is 35.5. The predicted octanol–water partition coefficient (Wildman–Crippen LogP) is 2.56. The first-order chi connectivity index (χ1) is 10.8. The van der Waals surface area contributed by atoms with Crippen molar-refractivity contribution in [2.24, 2.45) is 0 Å². The number of carbonyl (C=O) groups excluding carboxylic acids is 1. The monoisotopic (exact) mass is 354 g/mol. The summed E-state index contributed by atoms with van der Waals surface area (Å²) >= 11 is 0. The van der Waals surface area contributed by atoms with Crippen LogP contribution in [0, 0.1) is 5.82 Å². The van der Waals surface area contributed by atoms with Crippen LogP contribution < -0.4 is 10.6 Å². The average molecular weight is 355 g/mol. The Morgan fingerprint density at radius 3 is 2.54 bits per heavy atom. The first-order valence-corrected chi connectivity index (χ1v) is 6.97. The molecule has 2 heterocycles. The molecule has 128 valence electrons. The molecule has 1 aromatic carbocycles. The van der Waals surface area contributed by atoms with Gasteiger partial charge in [0, 0.05) is 17.7 Å². The van der Waals surface area contributed by atoms with Crippen LogP contribution in [0.15, 0.2) is 24.3 Å². The molecule has 1 aliphatic rings. The van der Waals surface area contributed by atoms with E-state index in [1.807, 2.05) is 13.8 Å². The van der Waals surface area contributed by atoms with E-state index in [1.165, 1.54) is 24.3 Å². The van der Waals surface area contributed by atoms with Gasteiger partial charge in [-0.2, -0.15) is 5.10 Å². The number of aromatic nitrogens is 2. The van der Waals surface area contributed by atoms with E-state index in [2.05, 4.69) is 15.7 Å².